The summed E-state index contributed by atoms with van der Waals surface area (Å²) in [5.41, 5.74) is 7.77. The van der Waals surface area contributed by atoms with Gasteiger partial charge in [-0.15, -0.1) is 0 Å². The van der Waals surface area contributed by atoms with E-state index in [1.54, 1.807) is 6.20 Å². The summed E-state index contributed by atoms with van der Waals surface area (Å²) in [6.45, 7) is 4.14. The lowest BCUT2D eigenvalue weighted by molar-refractivity contribution is -0.120. The monoisotopic (exact) mass is 333 g/mol. The second-order valence-electron chi connectivity index (χ2n) is 6.57. The van der Waals surface area contributed by atoms with Gasteiger partial charge in [0.05, 0.1) is 5.92 Å². The van der Waals surface area contributed by atoms with E-state index in [1.807, 2.05) is 54.7 Å². The molecule has 0 aliphatic carbocycles. The quantitative estimate of drug-likeness (QED) is 0.725. The van der Waals surface area contributed by atoms with Crippen LogP contribution in [-0.2, 0) is 4.79 Å². The fourth-order valence-corrected chi connectivity index (χ4v) is 3.22. The van der Waals surface area contributed by atoms with Crippen LogP contribution in [0, 0.1) is 0 Å². The summed E-state index contributed by atoms with van der Waals surface area (Å²) in [4.78, 5) is 16.5. The Morgan fingerprint density at radius 2 is 1.76 bits per heavy atom. The van der Waals surface area contributed by atoms with E-state index >= 15 is 0 Å². The summed E-state index contributed by atoms with van der Waals surface area (Å²) in [5, 5.41) is 5.69. The molecule has 1 aromatic heterocycles. The van der Waals surface area contributed by atoms with E-state index in [4.69, 9.17) is 5.73 Å². The van der Waals surface area contributed by atoms with Crippen molar-refractivity contribution in [2.45, 2.75) is 31.8 Å². The first kappa shape index (κ1) is 17.1. The molecule has 1 amide bonds. The topological polar surface area (TPSA) is 68.0 Å². The van der Waals surface area contributed by atoms with Crippen molar-refractivity contribution in [3.05, 3.63) is 78.1 Å². The fourth-order valence-electron chi connectivity index (χ4n) is 3.22. The van der Waals surface area contributed by atoms with Crippen molar-refractivity contribution in [2.24, 2.45) is 5.73 Å². The molecule has 0 fully saturated rings. The molecule has 2 atom stereocenters. The fraction of sp³-hybridized carbons (Fsp3) is 0.238. The van der Waals surface area contributed by atoms with Crippen molar-refractivity contribution < 1.29 is 4.79 Å². The smallest absolute Gasteiger partial charge is 0.226 e. The Labute approximate surface area is 148 Å². The zero-order valence-corrected chi connectivity index (χ0v) is 14.5. The number of nitrogens with zero attached hydrogens (tertiary/aromatic N) is 1. The van der Waals surface area contributed by atoms with Crippen molar-refractivity contribution in [1.29, 1.82) is 0 Å². The van der Waals surface area contributed by atoms with E-state index in [2.05, 4.69) is 30.2 Å². The molecule has 25 heavy (non-hydrogen) atoms. The molecule has 0 aliphatic rings. The summed E-state index contributed by atoms with van der Waals surface area (Å²) < 4.78 is 0. The number of carbonyl (C=O) groups excluding carboxylic acids is 1. The van der Waals surface area contributed by atoms with Crippen molar-refractivity contribution in [3.8, 4) is 0 Å². The minimum Gasteiger partial charge on any atom is -0.369 e. The number of amides is 1. The summed E-state index contributed by atoms with van der Waals surface area (Å²) in [6, 6.07) is 17.9. The number of hydrogen-bond acceptors (Lipinski definition) is 3. The third kappa shape index (κ3) is 3.86. The molecular formula is C21H23N3O. The third-order valence-corrected chi connectivity index (χ3v) is 4.34. The maximum atomic E-state index is 12.3. The molecule has 3 rings (SSSR count). The molecule has 128 valence electrons. The van der Waals surface area contributed by atoms with Crippen LogP contribution >= 0.6 is 0 Å². The Bertz CT molecular complexity index is 861. The van der Waals surface area contributed by atoms with Gasteiger partial charge < -0.3 is 11.1 Å². The Morgan fingerprint density at radius 1 is 1.00 bits per heavy atom. The van der Waals surface area contributed by atoms with Crippen LogP contribution in [0.4, 0.5) is 0 Å². The van der Waals surface area contributed by atoms with E-state index in [0.717, 1.165) is 21.9 Å². The second-order valence-corrected chi connectivity index (χ2v) is 6.57. The lowest BCUT2D eigenvalue weighted by Crippen LogP contribution is -2.38. The molecule has 3 aromatic rings. The molecule has 0 radical (unpaired) electrons. The van der Waals surface area contributed by atoms with Crippen LogP contribution in [0.1, 0.15) is 36.9 Å². The molecule has 0 spiro atoms. The third-order valence-electron chi connectivity index (χ3n) is 4.34. The number of hydrogen-bond donors (Lipinski definition) is 2. The molecular weight excluding hydrogens is 310 g/mol. The molecule has 1 heterocycles. The van der Waals surface area contributed by atoms with E-state index in [9.17, 15) is 4.79 Å². The highest BCUT2D eigenvalue weighted by atomic mass is 16.1. The molecule has 0 bridgehead atoms. The number of primary amides is 1. The summed E-state index contributed by atoms with van der Waals surface area (Å²) in [7, 11) is 0. The average molecular weight is 333 g/mol. The standard InChI is InChI=1S/C21H23N3O/c1-14(2)24-20(19(21(22)25)15-6-4-3-5-7-15)17-8-9-18-13-23-11-10-16(18)12-17/h3-14,19-20,24H,1-2H3,(H2,22,25). The lowest BCUT2D eigenvalue weighted by Gasteiger charge is -2.29. The van der Waals surface area contributed by atoms with E-state index in [-0.39, 0.29) is 18.0 Å². The number of nitrogens with two attached hydrogens (primary N) is 1. The van der Waals surface area contributed by atoms with Gasteiger partial charge in [0.25, 0.3) is 0 Å². The van der Waals surface area contributed by atoms with Gasteiger partial charge in [-0.1, -0.05) is 56.3 Å². The predicted molar refractivity (Wildman–Crippen MR) is 101 cm³/mol. The van der Waals surface area contributed by atoms with Gasteiger partial charge in [0.2, 0.25) is 5.91 Å². The maximum Gasteiger partial charge on any atom is 0.226 e. The Kier molecular flexibility index (Phi) is 5.10. The van der Waals surface area contributed by atoms with Gasteiger partial charge in [0.1, 0.15) is 0 Å². The van der Waals surface area contributed by atoms with Crippen LogP contribution in [0.25, 0.3) is 10.8 Å². The van der Waals surface area contributed by atoms with Crippen molar-refractivity contribution >= 4 is 16.7 Å². The van der Waals surface area contributed by atoms with Gasteiger partial charge in [-0.2, -0.15) is 0 Å². The Hall–Kier alpha value is -2.72. The van der Waals surface area contributed by atoms with Crippen molar-refractivity contribution in [1.82, 2.24) is 10.3 Å². The Morgan fingerprint density at radius 3 is 2.44 bits per heavy atom. The van der Waals surface area contributed by atoms with Crippen LogP contribution in [0.3, 0.4) is 0 Å². The number of fused-ring (bicyclic) bond motifs is 1. The molecule has 2 aromatic carbocycles. The molecule has 3 N–H and O–H groups in total. The zero-order chi connectivity index (χ0) is 17.8. The number of benzene rings is 2. The number of nitrogens with one attached hydrogen (secondary N) is 1. The highest BCUT2D eigenvalue weighted by molar-refractivity contribution is 5.85. The molecule has 2 unspecified atom stereocenters. The van der Waals surface area contributed by atoms with Crippen molar-refractivity contribution in [2.75, 3.05) is 0 Å². The first-order valence-electron chi connectivity index (χ1n) is 8.50. The Balaban J connectivity index is 2.09. The van der Waals surface area contributed by atoms with Crippen LogP contribution in [0.5, 0.6) is 0 Å². The molecule has 0 saturated heterocycles. The minimum absolute atomic E-state index is 0.197. The highest BCUT2D eigenvalue weighted by Gasteiger charge is 2.30. The average Bonchev–Trinajstić information content (AvgIpc) is 2.61. The lowest BCUT2D eigenvalue weighted by atomic mass is 9.85. The SMILES string of the molecule is CC(C)NC(c1ccc2cnccc2c1)C(C(N)=O)c1ccccc1. The molecule has 4 heteroatoms. The molecule has 0 saturated carbocycles. The van der Waals surface area contributed by atoms with Gasteiger partial charge in [-0.25, -0.2) is 0 Å². The maximum absolute atomic E-state index is 12.3. The summed E-state index contributed by atoms with van der Waals surface area (Å²) in [5.74, 6) is -0.776. The van der Waals surface area contributed by atoms with E-state index < -0.39 is 5.92 Å². The summed E-state index contributed by atoms with van der Waals surface area (Å²) in [6.07, 6.45) is 3.62. The van der Waals surface area contributed by atoms with Gasteiger partial charge in [-0.3, -0.25) is 9.78 Å². The van der Waals surface area contributed by atoms with Crippen molar-refractivity contribution in [3.63, 3.8) is 0 Å². The van der Waals surface area contributed by atoms with Gasteiger partial charge in [0.15, 0.2) is 0 Å². The summed E-state index contributed by atoms with van der Waals surface area (Å²) >= 11 is 0. The van der Waals surface area contributed by atoms with Crippen LogP contribution in [0.2, 0.25) is 0 Å². The van der Waals surface area contributed by atoms with Gasteiger partial charge in [0, 0.05) is 29.9 Å². The number of rotatable bonds is 6. The second kappa shape index (κ2) is 7.45. The number of carbonyl (C=O) groups is 1. The first-order chi connectivity index (χ1) is 12.1. The minimum atomic E-state index is -0.442. The van der Waals surface area contributed by atoms with Crippen LogP contribution in [-0.4, -0.2) is 16.9 Å². The van der Waals surface area contributed by atoms with E-state index in [1.165, 1.54) is 0 Å². The van der Waals surface area contributed by atoms with E-state index in [0.29, 0.717) is 0 Å². The predicted octanol–water partition coefficient (Wildman–Crippen LogP) is 3.54. The largest absolute Gasteiger partial charge is 0.369 e. The first-order valence-corrected chi connectivity index (χ1v) is 8.50. The number of aromatic nitrogens is 1. The molecule has 0 aliphatic heterocycles. The van der Waals surface area contributed by atoms with Gasteiger partial charge in [-0.05, 0) is 28.6 Å². The number of pyridine rings is 1. The normalized spacial score (nSPS) is 13.7. The van der Waals surface area contributed by atoms with Crippen LogP contribution in [0.15, 0.2) is 67.0 Å². The van der Waals surface area contributed by atoms with Crippen LogP contribution < -0.4 is 11.1 Å². The van der Waals surface area contributed by atoms with Gasteiger partial charge >= 0.3 is 0 Å². The zero-order valence-electron chi connectivity index (χ0n) is 14.5. The highest BCUT2D eigenvalue weighted by Crippen LogP contribution is 2.32. The molecule has 4 nitrogen and oxygen atoms in total.